The topological polar surface area (TPSA) is 93.5 Å². The van der Waals surface area contributed by atoms with E-state index in [9.17, 15) is 17.6 Å². The third-order valence-electron chi connectivity index (χ3n) is 4.11. The molecule has 0 fully saturated rings. The molecule has 0 saturated heterocycles. The molecule has 0 spiro atoms. The van der Waals surface area contributed by atoms with Crippen molar-refractivity contribution in [2.75, 3.05) is 26.5 Å². The molecule has 1 N–H and O–H groups in total. The Balaban J connectivity index is 1.88. The van der Waals surface area contributed by atoms with Crippen LogP contribution < -0.4 is 10.1 Å². The first-order chi connectivity index (χ1) is 13.7. The fourth-order valence-corrected chi connectivity index (χ4v) is 3.45. The summed E-state index contributed by atoms with van der Waals surface area (Å²) >= 11 is 0. The quantitative estimate of drug-likeness (QED) is 0.664. The minimum absolute atomic E-state index is 0.00967. The largest absolute Gasteiger partial charge is 0.495 e. The van der Waals surface area contributed by atoms with E-state index in [0.29, 0.717) is 11.4 Å². The molecule has 3 aromatic rings. The molecule has 29 heavy (non-hydrogen) atoms. The van der Waals surface area contributed by atoms with Gasteiger partial charge in [0.05, 0.1) is 23.4 Å². The molecule has 0 atom stereocenters. The van der Waals surface area contributed by atoms with Crippen molar-refractivity contribution in [1.82, 2.24) is 14.1 Å². The third kappa shape index (κ3) is 4.28. The summed E-state index contributed by atoms with van der Waals surface area (Å²) in [6.45, 7) is 0. The molecule has 0 aliphatic rings. The highest BCUT2D eigenvalue weighted by atomic mass is 32.2. The summed E-state index contributed by atoms with van der Waals surface area (Å²) in [5, 5.41) is 6.80. The Morgan fingerprint density at radius 3 is 2.45 bits per heavy atom. The van der Waals surface area contributed by atoms with Gasteiger partial charge in [-0.3, -0.25) is 4.79 Å². The smallest absolute Gasteiger partial charge is 0.276 e. The molecule has 0 aliphatic heterocycles. The zero-order valence-corrected chi connectivity index (χ0v) is 16.8. The second-order valence-corrected chi connectivity index (χ2v) is 8.38. The molecule has 1 aromatic heterocycles. The molecular formula is C19H19FN4O4S. The number of nitrogens with zero attached hydrogens (tertiary/aromatic N) is 3. The minimum Gasteiger partial charge on any atom is -0.495 e. The van der Waals surface area contributed by atoms with Gasteiger partial charge in [0.2, 0.25) is 10.0 Å². The van der Waals surface area contributed by atoms with Crippen LogP contribution in [0.1, 0.15) is 10.5 Å². The molecule has 1 amide bonds. The summed E-state index contributed by atoms with van der Waals surface area (Å²) < 4.78 is 45.5. The summed E-state index contributed by atoms with van der Waals surface area (Å²) in [5.74, 6) is -0.629. The van der Waals surface area contributed by atoms with Crippen molar-refractivity contribution in [3.8, 4) is 11.4 Å². The number of carbonyl (C=O) groups is 1. The van der Waals surface area contributed by atoms with Gasteiger partial charge in [-0.25, -0.2) is 21.8 Å². The van der Waals surface area contributed by atoms with Crippen molar-refractivity contribution in [1.29, 1.82) is 0 Å². The van der Waals surface area contributed by atoms with Crippen LogP contribution in [0.5, 0.6) is 5.75 Å². The van der Waals surface area contributed by atoms with E-state index in [4.69, 9.17) is 4.74 Å². The van der Waals surface area contributed by atoms with Crippen molar-refractivity contribution in [3.63, 3.8) is 0 Å². The Morgan fingerprint density at radius 2 is 1.83 bits per heavy atom. The first-order valence-corrected chi connectivity index (χ1v) is 9.90. The van der Waals surface area contributed by atoms with Crippen LogP contribution in [-0.4, -0.2) is 49.6 Å². The highest BCUT2D eigenvalue weighted by molar-refractivity contribution is 7.89. The number of nitrogens with one attached hydrogen (secondary N) is 1. The molecule has 3 rings (SSSR count). The van der Waals surface area contributed by atoms with E-state index in [2.05, 4.69) is 10.4 Å². The third-order valence-corrected chi connectivity index (χ3v) is 5.92. The number of ether oxygens (including phenoxy) is 1. The lowest BCUT2D eigenvalue weighted by molar-refractivity contribution is 0.102. The second kappa shape index (κ2) is 8.02. The summed E-state index contributed by atoms with van der Waals surface area (Å²) in [7, 11) is 0.560. The predicted octanol–water partition coefficient (Wildman–Crippen LogP) is 2.52. The number of halogens is 1. The maximum absolute atomic E-state index is 13.1. The molecule has 0 unspecified atom stereocenters. The first kappa shape index (κ1) is 20.5. The van der Waals surface area contributed by atoms with Crippen LogP contribution in [0.25, 0.3) is 5.69 Å². The zero-order chi connectivity index (χ0) is 21.2. The van der Waals surface area contributed by atoms with Gasteiger partial charge in [-0.05, 0) is 48.5 Å². The van der Waals surface area contributed by atoms with Crippen molar-refractivity contribution in [2.24, 2.45) is 0 Å². The standard InChI is InChI=1S/C19H19FN4O4S/c1-23(2)29(26,27)15-8-9-18(28-3)17(12-15)21-19(25)16-10-11-24(22-16)14-6-4-13(20)5-7-14/h4-12H,1-3H3,(H,21,25). The van der Waals surface area contributed by atoms with Crippen LogP contribution in [0.3, 0.4) is 0 Å². The SMILES string of the molecule is COc1ccc(S(=O)(=O)N(C)C)cc1NC(=O)c1ccn(-c2ccc(F)cc2)n1. The van der Waals surface area contributed by atoms with Crippen LogP contribution in [0.15, 0.2) is 59.6 Å². The number of anilines is 1. The van der Waals surface area contributed by atoms with Gasteiger partial charge in [0.15, 0.2) is 5.69 Å². The molecule has 0 aliphatic carbocycles. The Kier molecular flexibility index (Phi) is 5.66. The lowest BCUT2D eigenvalue weighted by atomic mass is 10.2. The van der Waals surface area contributed by atoms with Crippen molar-refractivity contribution >= 4 is 21.6 Å². The molecule has 1 heterocycles. The van der Waals surface area contributed by atoms with E-state index in [1.54, 1.807) is 6.20 Å². The normalized spacial score (nSPS) is 11.5. The van der Waals surface area contributed by atoms with Crippen LogP contribution in [-0.2, 0) is 10.0 Å². The summed E-state index contributed by atoms with van der Waals surface area (Å²) in [5.41, 5.74) is 0.871. The number of aromatic nitrogens is 2. The molecule has 10 heteroatoms. The van der Waals surface area contributed by atoms with Gasteiger partial charge in [0, 0.05) is 20.3 Å². The van der Waals surface area contributed by atoms with Gasteiger partial charge >= 0.3 is 0 Å². The van der Waals surface area contributed by atoms with E-state index in [-0.39, 0.29) is 22.1 Å². The average Bonchev–Trinajstić information content (AvgIpc) is 3.18. The number of carbonyl (C=O) groups excluding carboxylic acids is 1. The number of methoxy groups -OCH3 is 1. The van der Waals surface area contributed by atoms with Crippen molar-refractivity contribution < 1.29 is 22.3 Å². The molecule has 2 aromatic carbocycles. The Hall–Kier alpha value is -3.24. The first-order valence-electron chi connectivity index (χ1n) is 8.46. The summed E-state index contributed by atoms with van der Waals surface area (Å²) in [4.78, 5) is 12.6. The Morgan fingerprint density at radius 1 is 1.14 bits per heavy atom. The molecule has 152 valence electrons. The van der Waals surface area contributed by atoms with Gasteiger partial charge in [0.25, 0.3) is 5.91 Å². The van der Waals surface area contributed by atoms with Gasteiger partial charge < -0.3 is 10.1 Å². The van der Waals surface area contributed by atoms with Gasteiger partial charge in [-0.1, -0.05) is 0 Å². The van der Waals surface area contributed by atoms with Gasteiger partial charge in [-0.2, -0.15) is 5.10 Å². The number of amides is 1. The summed E-state index contributed by atoms with van der Waals surface area (Å²) in [6.07, 6.45) is 1.56. The second-order valence-electron chi connectivity index (χ2n) is 6.23. The number of hydrogen-bond acceptors (Lipinski definition) is 5. The lowest BCUT2D eigenvalue weighted by Gasteiger charge is -2.14. The highest BCUT2D eigenvalue weighted by Crippen LogP contribution is 2.28. The maximum atomic E-state index is 13.1. The van der Waals surface area contributed by atoms with E-state index >= 15 is 0 Å². The van der Waals surface area contributed by atoms with Crippen LogP contribution in [0.2, 0.25) is 0 Å². The van der Waals surface area contributed by atoms with Gasteiger partial charge in [0.1, 0.15) is 11.6 Å². The fourth-order valence-electron chi connectivity index (χ4n) is 2.53. The molecule has 0 radical (unpaired) electrons. The lowest BCUT2D eigenvalue weighted by Crippen LogP contribution is -2.22. The Labute approximate surface area is 167 Å². The molecule has 8 nitrogen and oxygen atoms in total. The fraction of sp³-hybridized carbons (Fsp3) is 0.158. The average molecular weight is 418 g/mol. The number of rotatable bonds is 6. The van der Waals surface area contributed by atoms with Crippen LogP contribution in [0, 0.1) is 5.82 Å². The van der Waals surface area contributed by atoms with Crippen LogP contribution >= 0.6 is 0 Å². The predicted molar refractivity (Wildman–Crippen MR) is 105 cm³/mol. The number of sulfonamides is 1. The van der Waals surface area contributed by atoms with Crippen LogP contribution in [0.4, 0.5) is 10.1 Å². The number of benzene rings is 2. The number of hydrogen-bond donors (Lipinski definition) is 1. The highest BCUT2D eigenvalue weighted by Gasteiger charge is 2.20. The minimum atomic E-state index is -3.68. The molecule has 0 saturated carbocycles. The van der Waals surface area contributed by atoms with E-state index in [1.165, 1.54) is 74.4 Å². The van der Waals surface area contributed by atoms with Crippen molar-refractivity contribution in [2.45, 2.75) is 4.90 Å². The molecule has 0 bridgehead atoms. The maximum Gasteiger partial charge on any atom is 0.276 e. The Bertz CT molecular complexity index is 1140. The van der Waals surface area contributed by atoms with E-state index in [1.807, 2.05) is 0 Å². The molecular weight excluding hydrogens is 399 g/mol. The van der Waals surface area contributed by atoms with E-state index < -0.39 is 15.9 Å². The zero-order valence-electron chi connectivity index (χ0n) is 16.0. The van der Waals surface area contributed by atoms with Crippen molar-refractivity contribution in [3.05, 3.63) is 66.2 Å². The van der Waals surface area contributed by atoms with E-state index in [0.717, 1.165) is 4.31 Å². The monoisotopic (exact) mass is 418 g/mol. The van der Waals surface area contributed by atoms with Gasteiger partial charge in [-0.15, -0.1) is 0 Å². The summed E-state index contributed by atoms with van der Waals surface area (Å²) in [6, 6.07) is 11.3.